The summed E-state index contributed by atoms with van der Waals surface area (Å²) in [7, 11) is 0. The van der Waals surface area contributed by atoms with E-state index < -0.39 is 5.97 Å². The Morgan fingerprint density at radius 1 is 0.826 bits per heavy atom. The van der Waals surface area contributed by atoms with E-state index in [1.165, 1.54) is 6.33 Å². The Morgan fingerprint density at radius 3 is 1.83 bits per heavy atom. The second-order valence-corrected chi connectivity index (χ2v) is 4.85. The van der Waals surface area contributed by atoms with Gasteiger partial charge in [-0.1, -0.05) is 43.0 Å². The van der Waals surface area contributed by atoms with Gasteiger partial charge in [-0.25, -0.2) is 14.8 Å². The first kappa shape index (κ1) is 14.7. The summed E-state index contributed by atoms with van der Waals surface area (Å²) in [6, 6.07) is 15.5. The Labute approximate surface area is 134 Å². The fourth-order valence-corrected chi connectivity index (χ4v) is 2.18. The van der Waals surface area contributed by atoms with E-state index in [0.717, 1.165) is 28.3 Å². The quantitative estimate of drug-likeness (QED) is 0.416. The first-order valence-corrected chi connectivity index (χ1v) is 7.06. The number of hydrogen-bond donors (Lipinski definition) is 0. The molecule has 3 aromatic rings. The largest absolute Gasteiger partial charge is 0.423 e. The van der Waals surface area contributed by atoms with E-state index in [1.54, 1.807) is 24.5 Å². The predicted molar refractivity (Wildman–Crippen MR) is 88.7 cm³/mol. The third-order valence-corrected chi connectivity index (χ3v) is 3.35. The van der Waals surface area contributed by atoms with Crippen molar-refractivity contribution in [3.63, 3.8) is 0 Å². The van der Waals surface area contributed by atoms with E-state index >= 15 is 0 Å². The first-order valence-electron chi connectivity index (χ1n) is 7.06. The number of ether oxygens (including phenoxy) is 1. The monoisotopic (exact) mass is 302 g/mol. The van der Waals surface area contributed by atoms with Crippen LogP contribution in [0.3, 0.4) is 0 Å². The van der Waals surface area contributed by atoms with Gasteiger partial charge < -0.3 is 4.74 Å². The van der Waals surface area contributed by atoms with Crippen LogP contribution in [0.2, 0.25) is 0 Å². The highest BCUT2D eigenvalue weighted by Crippen LogP contribution is 2.25. The van der Waals surface area contributed by atoms with Gasteiger partial charge in [0.2, 0.25) is 0 Å². The fraction of sp³-hybridized carbons (Fsp3) is 0. The van der Waals surface area contributed by atoms with Crippen molar-refractivity contribution in [2.45, 2.75) is 0 Å². The molecule has 1 aromatic heterocycles. The first-order chi connectivity index (χ1) is 11.3. The molecule has 4 heteroatoms. The van der Waals surface area contributed by atoms with Gasteiger partial charge >= 0.3 is 5.97 Å². The third kappa shape index (κ3) is 3.49. The smallest absolute Gasteiger partial charge is 0.335 e. The lowest BCUT2D eigenvalue weighted by Crippen LogP contribution is -2.02. The highest BCUT2D eigenvalue weighted by molar-refractivity contribution is 5.83. The Bertz CT molecular complexity index is 810. The van der Waals surface area contributed by atoms with Gasteiger partial charge in [-0.15, -0.1) is 0 Å². The summed E-state index contributed by atoms with van der Waals surface area (Å²) in [5.41, 5.74) is 4.16. The number of carbonyl (C=O) groups excluding carboxylic acids is 1. The summed E-state index contributed by atoms with van der Waals surface area (Å²) in [5, 5.41) is 0. The summed E-state index contributed by atoms with van der Waals surface area (Å²) in [6.45, 7) is 3.37. The van der Waals surface area contributed by atoms with Gasteiger partial charge in [0.25, 0.3) is 0 Å². The molecule has 0 aliphatic heterocycles. The average molecular weight is 302 g/mol. The summed E-state index contributed by atoms with van der Waals surface area (Å²) in [5.74, 6) is 0.0314. The van der Waals surface area contributed by atoms with Crippen LogP contribution in [0.25, 0.3) is 22.3 Å². The van der Waals surface area contributed by atoms with Crippen molar-refractivity contribution in [1.82, 2.24) is 9.97 Å². The maximum absolute atomic E-state index is 11.2. The molecule has 2 aromatic carbocycles. The molecule has 0 radical (unpaired) electrons. The third-order valence-electron chi connectivity index (χ3n) is 3.35. The molecule has 0 aliphatic carbocycles. The van der Waals surface area contributed by atoms with E-state index in [1.807, 2.05) is 36.4 Å². The Morgan fingerprint density at radius 2 is 1.30 bits per heavy atom. The predicted octanol–water partition coefficient (Wildman–Crippen LogP) is 3.90. The molecule has 0 atom stereocenters. The molecule has 0 aliphatic rings. The lowest BCUT2D eigenvalue weighted by atomic mass is 10.0. The molecule has 0 saturated carbocycles. The van der Waals surface area contributed by atoms with Crippen molar-refractivity contribution >= 4 is 5.97 Å². The number of rotatable bonds is 4. The van der Waals surface area contributed by atoms with Crippen LogP contribution in [0.1, 0.15) is 0 Å². The van der Waals surface area contributed by atoms with Crippen molar-refractivity contribution in [2.75, 3.05) is 0 Å². The Kier molecular flexibility index (Phi) is 4.25. The molecule has 0 fully saturated rings. The number of hydrogen-bond acceptors (Lipinski definition) is 4. The van der Waals surface area contributed by atoms with E-state index in [9.17, 15) is 4.79 Å². The Balaban J connectivity index is 1.79. The lowest BCUT2D eigenvalue weighted by Gasteiger charge is -2.06. The van der Waals surface area contributed by atoms with E-state index in [0.29, 0.717) is 5.75 Å². The number of aromatic nitrogens is 2. The summed E-state index contributed by atoms with van der Waals surface area (Å²) < 4.78 is 5.06. The molecule has 3 rings (SSSR count). The number of benzene rings is 2. The van der Waals surface area contributed by atoms with Gasteiger partial charge in [-0.05, 0) is 28.8 Å². The van der Waals surface area contributed by atoms with Crippen molar-refractivity contribution in [3.05, 3.63) is 79.9 Å². The van der Waals surface area contributed by atoms with Crippen LogP contribution >= 0.6 is 0 Å². The zero-order valence-corrected chi connectivity index (χ0v) is 12.3. The summed E-state index contributed by atoms with van der Waals surface area (Å²) >= 11 is 0. The summed E-state index contributed by atoms with van der Waals surface area (Å²) in [4.78, 5) is 19.2. The highest BCUT2D eigenvalue weighted by atomic mass is 16.5. The zero-order valence-electron chi connectivity index (χ0n) is 12.3. The molecule has 0 spiro atoms. The van der Waals surface area contributed by atoms with E-state index in [4.69, 9.17) is 4.74 Å². The van der Waals surface area contributed by atoms with E-state index in [-0.39, 0.29) is 0 Å². The van der Waals surface area contributed by atoms with Crippen LogP contribution in [0.15, 0.2) is 79.9 Å². The fourth-order valence-electron chi connectivity index (χ4n) is 2.18. The van der Waals surface area contributed by atoms with Gasteiger partial charge in [-0.3, -0.25) is 0 Å². The molecule has 1 heterocycles. The maximum Gasteiger partial charge on any atom is 0.335 e. The molecule has 0 amide bonds. The molecular weight excluding hydrogens is 288 g/mol. The molecule has 23 heavy (non-hydrogen) atoms. The van der Waals surface area contributed by atoms with Crippen molar-refractivity contribution in [3.8, 4) is 28.0 Å². The molecular formula is C19H14N2O2. The lowest BCUT2D eigenvalue weighted by molar-refractivity contribution is -0.128. The van der Waals surface area contributed by atoms with Crippen molar-refractivity contribution in [2.24, 2.45) is 0 Å². The van der Waals surface area contributed by atoms with Crippen LogP contribution in [-0.2, 0) is 4.79 Å². The minimum atomic E-state index is -0.466. The number of esters is 1. The molecule has 0 N–H and O–H groups in total. The second kappa shape index (κ2) is 6.66. The normalized spacial score (nSPS) is 10.1. The van der Waals surface area contributed by atoms with Crippen LogP contribution in [0.4, 0.5) is 0 Å². The molecule has 112 valence electrons. The molecule has 0 bridgehead atoms. The zero-order chi connectivity index (χ0) is 16.1. The van der Waals surface area contributed by atoms with Crippen LogP contribution in [0.5, 0.6) is 5.75 Å². The number of nitrogens with zero attached hydrogens (tertiary/aromatic N) is 2. The second-order valence-electron chi connectivity index (χ2n) is 4.85. The SMILES string of the molecule is C=CC(=O)Oc1ccc(-c2ccc(-c3cncnc3)cc2)cc1. The van der Waals surface area contributed by atoms with Gasteiger partial charge in [0.15, 0.2) is 0 Å². The molecule has 0 saturated heterocycles. The van der Waals surface area contributed by atoms with Crippen LogP contribution in [0, 0.1) is 0 Å². The van der Waals surface area contributed by atoms with Gasteiger partial charge in [0, 0.05) is 24.0 Å². The van der Waals surface area contributed by atoms with E-state index in [2.05, 4.69) is 16.5 Å². The molecule has 0 unspecified atom stereocenters. The standard InChI is InChI=1S/C19H14N2O2/c1-2-19(22)23-18-9-7-15(8-10-18)14-3-5-16(6-4-14)17-11-20-13-21-12-17/h2-13H,1H2. The van der Waals surface area contributed by atoms with Gasteiger partial charge in [-0.2, -0.15) is 0 Å². The number of carbonyl (C=O) groups is 1. The van der Waals surface area contributed by atoms with Crippen LogP contribution < -0.4 is 4.74 Å². The molecule has 4 nitrogen and oxygen atoms in total. The average Bonchev–Trinajstić information content (AvgIpc) is 2.63. The van der Waals surface area contributed by atoms with Crippen LogP contribution in [-0.4, -0.2) is 15.9 Å². The van der Waals surface area contributed by atoms with Gasteiger partial charge in [0.1, 0.15) is 12.1 Å². The minimum Gasteiger partial charge on any atom is -0.423 e. The maximum atomic E-state index is 11.2. The van der Waals surface area contributed by atoms with Crippen molar-refractivity contribution < 1.29 is 9.53 Å². The summed E-state index contributed by atoms with van der Waals surface area (Å²) in [6.07, 6.45) is 6.22. The Hall–Kier alpha value is -3.27. The van der Waals surface area contributed by atoms with Crippen molar-refractivity contribution in [1.29, 1.82) is 0 Å². The van der Waals surface area contributed by atoms with Gasteiger partial charge in [0.05, 0.1) is 0 Å². The highest BCUT2D eigenvalue weighted by Gasteiger charge is 2.03. The topological polar surface area (TPSA) is 52.1 Å². The minimum absolute atomic E-state index is 0.466.